The Balaban J connectivity index is 1.72. The van der Waals surface area contributed by atoms with Crippen molar-refractivity contribution in [1.29, 1.82) is 5.26 Å². The molecule has 1 amide bonds. The van der Waals surface area contributed by atoms with E-state index in [9.17, 15) is 13.6 Å². The van der Waals surface area contributed by atoms with Gasteiger partial charge in [-0.15, -0.1) is 4.99 Å². The van der Waals surface area contributed by atoms with Gasteiger partial charge in [-0.2, -0.15) is 10.4 Å². The van der Waals surface area contributed by atoms with E-state index in [4.69, 9.17) is 10.00 Å². The quantitative estimate of drug-likeness (QED) is 0.172. The molecule has 3 aromatic rings. The highest BCUT2D eigenvalue weighted by atomic mass is 32.2. The summed E-state index contributed by atoms with van der Waals surface area (Å²) in [5.41, 5.74) is 0.704. The van der Waals surface area contributed by atoms with E-state index >= 15 is 0 Å². The summed E-state index contributed by atoms with van der Waals surface area (Å²) < 4.78 is 34.9. The molecule has 1 aliphatic heterocycles. The van der Waals surface area contributed by atoms with Crippen LogP contribution in [0.1, 0.15) is 30.9 Å². The van der Waals surface area contributed by atoms with Gasteiger partial charge in [-0.3, -0.25) is 9.78 Å². The number of aromatic nitrogens is 1. The van der Waals surface area contributed by atoms with Crippen LogP contribution >= 0.6 is 11.8 Å². The number of nitriles is 1. The minimum atomic E-state index is -1.10. The molecule has 0 aliphatic carbocycles. The largest absolute Gasteiger partial charge is 0.479 e. The minimum Gasteiger partial charge on any atom is -0.479 e. The predicted molar refractivity (Wildman–Crippen MR) is 149 cm³/mol. The lowest BCUT2D eigenvalue weighted by atomic mass is 9.99. The summed E-state index contributed by atoms with van der Waals surface area (Å²) in [5, 5.41) is 20.8. The second kappa shape index (κ2) is 13.0. The number of carbonyl (C=O) groups is 1. The van der Waals surface area contributed by atoms with Crippen molar-refractivity contribution in [3.05, 3.63) is 95.8 Å². The van der Waals surface area contributed by atoms with Gasteiger partial charge in [-0.05, 0) is 55.7 Å². The molecule has 2 heterocycles. The monoisotopic (exact) mass is 563 g/mol. The smallest absolute Gasteiger partial charge is 0.285 e. The number of hydrazone groups is 1. The lowest BCUT2D eigenvalue weighted by Crippen LogP contribution is -2.47. The lowest BCUT2D eigenvalue weighted by molar-refractivity contribution is -0.141. The van der Waals surface area contributed by atoms with Crippen molar-refractivity contribution in [2.75, 3.05) is 13.6 Å². The summed E-state index contributed by atoms with van der Waals surface area (Å²) in [4.78, 5) is 20.5. The van der Waals surface area contributed by atoms with Crippen LogP contribution in [0.2, 0.25) is 0 Å². The van der Waals surface area contributed by atoms with Crippen LogP contribution in [0.3, 0.4) is 0 Å². The first kappa shape index (κ1) is 28.5. The molecule has 12 heteroatoms. The summed E-state index contributed by atoms with van der Waals surface area (Å²) >= 11 is 1.18. The number of amides is 1. The Hall–Kier alpha value is -4.50. The molecule has 2 aromatic carbocycles. The van der Waals surface area contributed by atoms with Gasteiger partial charge < -0.3 is 15.4 Å². The molecule has 2 atom stereocenters. The van der Waals surface area contributed by atoms with Gasteiger partial charge in [0.15, 0.2) is 6.10 Å². The lowest BCUT2D eigenvalue weighted by Gasteiger charge is -2.37. The zero-order valence-electron chi connectivity index (χ0n) is 21.8. The molecule has 0 spiro atoms. The standard InChI is InChI=1S/C28H27F2N7O2S/c1-19(39-22-10-6-14-33-17-22)26(38)37-28(20-8-4-3-5-9-20,13-7-15-34-27(32-2)35-18-31)40-25(36-37)23-16-21(29)11-12-24(23)30/h3-6,8-12,14,16-17,19H,7,13,15H2,1-2H3,(H2,32,34,35)/t19-,28?/m0/s1. The van der Waals surface area contributed by atoms with E-state index in [1.807, 2.05) is 30.3 Å². The number of hydrogen-bond donors (Lipinski definition) is 2. The van der Waals surface area contributed by atoms with Gasteiger partial charge in [0.25, 0.3) is 5.91 Å². The van der Waals surface area contributed by atoms with E-state index in [1.54, 1.807) is 38.5 Å². The first-order chi connectivity index (χ1) is 19.4. The number of nitrogens with zero attached hydrogens (tertiary/aromatic N) is 5. The van der Waals surface area contributed by atoms with Crippen molar-refractivity contribution in [3.63, 3.8) is 0 Å². The number of halogens is 2. The van der Waals surface area contributed by atoms with Crippen molar-refractivity contribution in [3.8, 4) is 11.9 Å². The molecule has 1 aromatic heterocycles. The van der Waals surface area contributed by atoms with Crippen molar-refractivity contribution < 1.29 is 18.3 Å². The van der Waals surface area contributed by atoms with Crippen LogP contribution in [-0.2, 0) is 9.67 Å². The van der Waals surface area contributed by atoms with Crippen molar-refractivity contribution in [1.82, 2.24) is 20.6 Å². The molecular weight excluding hydrogens is 536 g/mol. The fourth-order valence-electron chi connectivity index (χ4n) is 4.19. The molecule has 0 saturated heterocycles. The van der Waals surface area contributed by atoms with Gasteiger partial charge in [0.1, 0.15) is 27.3 Å². The average molecular weight is 564 g/mol. The molecule has 9 nitrogen and oxygen atoms in total. The number of rotatable bonds is 9. The number of thioether (sulfide) groups is 1. The Morgan fingerprint density at radius 2 is 2.02 bits per heavy atom. The Kier molecular flexibility index (Phi) is 9.29. The van der Waals surface area contributed by atoms with Crippen LogP contribution in [0, 0.1) is 23.1 Å². The van der Waals surface area contributed by atoms with E-state index in [0.29, 0.717) is 31.1 Å². The topological polar surface area (TPSA) is 115 Å². The summed E-state index contributed by atoms with van der Waals surface area (Å²) in [7, 11) is 1.64. The molecular formula is C28H27F2N7O2S. The second-order valence-corrected chi connectivity index (χ2v) is 9.99. The van der Waals surface area contributed by atoms with E-state index < -0.39 is 28.5 Å². The van der Waals surface area contributed by atoms with E-state index in [0.717, 1.165) is 23.8 Å². The number of aliphatic imine (C=N–C) groups is 1. The number of benzene rings is 2. The van der Waals surface area contributed by atoms with Gasteiger partial charge in [-0.1, -0.05) is 42.1 Å². The van der Waals surface area contributed by atoms with Gasteiger partial charge in [0, 0.05) is 25.4 Å². The summed E-state index contributed by atoms with van der Waals surface area (Å²) in [6.45, 7) is 2.01. The average Bonchev–Trinajstić information content (AvgIpc) is 3.37. The van der Waals surface area contributed by atoms with E-state index in [-0.39, 0.29) is 10.6 Å². The van der Waals surface area contributed by atoms with Crippen LogP contribution in [0.4, 0.5) is 8.78 Å². The van der Waals surface area contributed by atoms with E-state index in [1.165, 1.54) is 23.0 Å². The molecule has 206 valence electrons. The summed E-state index contributed by atoms with van der Waals surface area (Å²) in [6.07, 6.45) is 4.72. The maximum Gasteiger partial charge on any atom is 0.285 e. The molecule has 2 N–H and O–H groups in total. The number of pyridine rings is 1. The Labute approximate surface area is 235 Å². The highest BCUT2D eigenvalue weighted by Gasteiger charge is 2.50. The molecule has 0 bridgehead atoms. The second-order valence-electron chi connectivity index (χ2n) is 8.72. The van der Waals surface area contributed by atoms with Gasteiger partial charge >= 0.3 is 0 Å². The van der Waals surface area contributed by atoms with Crippen LogP contribution < -0.4 is 15.4 Å². The fraction of sp³-hybridized carbons (Fsp3) is 0.250. The number of guanidine groups is 1. The maximum absolute atomic E-state index is 14.9. The molecule has 1 unspecified atom stereocenters. The van der Waals surface area contributed by atoms with Crippen molar-refractivity contribution >= 4 is 28.7 Å². The normalized spacial score (nSPS) is 17.5. The minimum absolute atomic E-state index is 0.0433. The Morgan fingerprint density at radius 3 is 2.73 bits per heavy atom. The number of carbonyl (C=O) groups excluding carboxylic acids is 1. The zero-order chi connectivity index (χ0) is 28.5. The summed E-state index contributed by atoms with van der Waals surface area (Å²) in [6, 6.07) is 15.8. The van der Waals surface area contributed by atoms with Crippen LogP contribution in [-0.4, -0.2) is 46.6 Å². The molecule has 0 saturated carbocycles. The third-order valence-corrected chi connectivity index (χ3v) is 7.51. The van der Waals surface area contributed by atoms with Crippen LogP contribution in [0.25, 0.3) is 0 Å². The highest BCUT2D eigenvalue weighted by Crippen LogP contribution is 2.51. The molecule has 40 heavy (non-hydrogen) atoms. The molecule has 0 radical (unpaired) electrons. The van der Waals surface area contributed by atoms with Crippen LogP contribution in [0.5, 0.6) is 5.75 Å². The number of hydrogen-bond acceptors (Lipinski definition) is 7. The van der Waals surface area contributed by atoms with Gasteiger partial charge in [-0.25, -0.2) is 13.8 Å². The third-order valence-electron chi connectivity index (χ3n) is 6.07. The van der Waals surface area contributed by atoms with Gasteiger partial charge in [0.05, 0.1) is 6.20 Å². The Bertz CT molecular complexity index is 1430. The molecule has 1 aliphatic rings. The number of nitrogens with one attached hydrogen (secondary N) is 2. The van der Waals surface area contributed by atoms with Crippen molar-refractivity contribution in [2.45, 2.75) is 30.7 Å². The van der Waals surface area contributed by atoms with Crippen molar-refractivity contribution in [2.24, 2.45) is 10.1 Å². The first-order valence-electron chi connectivity index (χ1n) is 12.5. The van der Waals surface area contributed by atoms with Gasteiger partial charge in [0.2, 0.25) is 12.2 Å². The Morgan fingerprint density at radius 1 is 1.23 bits per heavy atom. The van der Waals surface area contributed by atoms with E-state index in [2.05, 4.69) is 25.7 Å². The predicted octanol–water partition coefficient (Wildman–Crippen LogP) is 4.34. The first-order valence-corrected chi connectivity index (χ1v) is 13.3. The molecule has 0 fully saturated rings. The summed E-state index contributed by atoms with van der Waals surface area (Å²) in [5.74, 6) is -1.04. The maximum atomic E-state index is 14.9. The SMILES string of the molecule is CN/C(=N/C#N)NCCCC1(c2ccccc2)SC(c2cc(F)ccc2F)=NN1C(=O)[C@H](C)Oc1cccnc1. The molecule has 4 rings (SSSR count). The zero-order valence-corrected chi connectivity index (χ0v) is 22.7. The highest BCUT2D eigenvalue weighted by molar-refractivity contribution is 8.15. The van der Waals surface area contributed by atoms with Crippen LogP contribution in [0.15, 0.2) is 83.2 Å². The third kappa shape index (κ3) is 6.38. The number of ether oxygens (including phenoxy) is 1. The fourth-order valence-corrected chi connectivity index (χ4v) is 5.61.